The van der Waals surface area contributed by atoms with Crippen LogP contribution in [0.25, 0.3) is 11.5 Å². The van der Waals surface area contributed by atoms with Gasteiger partial charge in [0.2, 0.25) is 11.8 Å². The fraction of sp³-hybridized carbons (Fsp3) is 0.353. The van der Waals surface area contributed by atoms with Crippen LogP contribution in [0.1, 0.15) is 33.2 Å². The summed E-state index contributed by atoms with van der Waals surface area (Å²) in [5, 5.41) is 15.1. The minimum atomic E-state index is -0.405. The van der Waals surface area contributed by atoms with E-state index in [2.05, 4.69) is 39.4 Å². The smallest absolute Gasteiger partial charge is 0.277 e. The summed E-state index contributed by atoms with van der Waals surface area (Å²) >= 11 is 1.21. The van der Waals surface area contributed by atoms with Crippen molar-refractivity contribution in [1.82, 2.24) is 25.0 Å². The summed E-state index contributed by atoms with van der Waals surface area (Å²) < 4.78 is 7.42. The maximum Gasteiger partial charge on any atom is 0.277 e. The van der Waals surface area contributed by atoms with Crippen molar-refractivity contribution in [2.24, 2.45) is 0 Å². The molecule has 3 aromatic heterocycles. The first-order valence-corrected chi connectivity index (χ1v) is 9.21. The highest BCUT2D eigenvalue weighted by Crippen LogP contribution is 2.26. The molecule has 0 bridgehead atoms. The van der Waals surface area contributed by atoms with E-state index >= 15 is 0 Å². The summed E-state index contributed by atoms with van der Waals surface area (Å²) in [6, 6.07) is 5.62. The van der Waals surface area contributed by atoms with Crippen molar-refractivity contribution >= 4 is 23.5 Å². The van der Waals surface area contributed by atoms with Crippen LogP contribution >= 0.6 is 11.8 Å². The number of anilines is 1. The quantitative estimate of drug-likeness (QED) is 0.634. The molecule has 0 unspecified atom stereocenters. The second-order valence-electron chi connectivity index (χ2n) is 5.78. The van der Waals surface area contributed by atoms with E-state index in [9.17, 15) is 4.79 Å². The standard InChI is InChI=1S/C17H20N6O2S/c1-4-11(2)23-14(7-9-19-23)20-15(24)12(3)26-17-22-21-16(25-17)13-6-5-8-18-10-13/h5-12H,4H2,1-3H3,(H,20,24)/t11-,12-/m0/s1. The molecule has 0 radical (unpaired) electrons. The van der Waals surface area contributed by atoms with Crippen LogP contribution < -0.4 is 5.32 Å². The summed E-state index contributed by atoms with van der Waals surface area (Å²) in [7, 11) is 0. The third kappa shape index (κ3) is 4.10. The van der Waals surface area contributed by atoms with Gasteiger partial charge in [-0.2, -0.15) is 5.10 Å². The molecule has 136 valence electrons. The monoisotopic (exact) mass is 372 g/mol. The van der Waals surface area contributed by atoms with Gasteiger partial charge in [0.1, 0.15) is 5.82 Å². The fourth-order valence-corrected chi connectivity index (χ4v) is 2.92. The average Bonchev–Trinajstić information content (AvgIpc) is 3.31. The molecule has 26 heavy (non-hydrogen) atoms. The van der Waals surface area contributed by atoms with Gasteiger partial charge in [-0.3, -0.25) is 9.78 Å². The van der Waals surface area contributed by atoms with Crippen molar-refractivity contribution in [3.8, 4) is 11.5 Å². The first-order valence-electron chi connectivity index (χ1n) is 8.33. The average molecular weight is 372 g/mol. The maximum atomic E-state index is 12.5. The highest BCUT2D eigenvalue weighted by atomic mass is 32.2. The van der Waals surface area contributed by atoms with Crippen molar-refractivity contribution in [2.75, 3.05) is 5.32 Å². The predicted molar refractivity (Wildman–Crippen MR) is 98.7 cm³/mol. The summed E-state index contributed by atoms with van der Waals surface area (Å²) in [5.74, 6) is 0.905. The second-order valence-corrected chi connectivity index (χ2v) is 7.07. The van der Waals surface area contributed by atoms with Crippen LogP contribution in [0.2, 0.25) is 0 Å². The molecule has 8 nitrogen and oxygen atoms in total. The van der Waals surface area contributed by atoms with Crippen LogP contribution in [0, 0.1) is 0 Å². The largest absolute Gasteiger partial charge is 0.411 e. The van der Waals surface area contributed by atoms with Crippen molar-refractivity contribution in [3.63, 3.8) is 0 Å². The van der Waals surface area contributed by atoms with Crippen LogP contribution in [0.5, 0.6) is 0 Å². The van der Waals surface area contributed by atoms with Gasteiger partial charge in [-0.15, -0.1) is 10.2 Å². The Balaban J connectivity index is 1.63. The molecule has 0 saturated heterocycles. The Labute approximate surface area is 155 Å². The lowest BCUT2D eigenvalue weighted by molar-refractivity contribution is -0.115. The van der Waals surface area contributed by atoms with E-state index in [-0.39, 0.29) is 11.9 Å². The SMILES string of the molecule is CC[C@H](C)n1nccc1NC(=O)[C@H](C)Sc1nnc(-c2cccnc2)o1. The van der Waals surface area contributed by atoms with E-state index in [4.69, 9.17) is 4.42 Å². The molecule has 0 aliphatic heterocycles. The summed E-state index contributed by atoms with van der Waals surface area (Å²) in [6.07, 6.45) is 5.92. The Hall–Kier alpha value is -2.68. The molecular formula is C17H20N6O2S. The zero-order valence-corrected chi connectivity index (χ0v) is 15.6. The predicted octanol–water partition coefficient (Wildman–Crippen LogP) is 3.42. The van der Waals surface area contributed by atoms with Gasteiger partial charge in [-0.1, -0.05) is 18.7 Å². The minimum absolute atomic E-state index is 0.152. The molecule has 3 aromatic rings. The molecule has 0 aliphatic carbocycles. The second kappa shape index (κ2) is 8.13. The molecule has 1 N–H and O–H groups in total. The maximum absolute atomic E-state index is 12.5. The number of pyridine rings is 1. The van der Waals surface area contributed by atoms with Gasteiger partial charge in [0.15, 0.2) is 0 Å². The molecule has 9 heteroatoms. The normalized spacial score (nSPS) is 13.3. The molecular weight excluding hydrogens is 352 g/mol. The fourth-order valence-electron chi connectivity index (χ4n) is 2.23. The van der Waals surface area contributed by atoms with E-state index in [1.807, 2.05) is 10.7 Å². The first kappa shape index (κ1) is 18.1. The number of aromatic nitrogens is 5. The summed E-state index contributed by atoms with van der Waals surface area (Å²) in [4.78, 5) is 16.5. The van der Waals surface area contributed by atoms with Crippen LogP contribution in [0.4, 0.5) is 5.82 Å². The Morgan fingerprint density at radius 2 is 2.15 bits per heavy atom. The van der Waals surface area contributed by atoms with Gasteiger partial charge in [-0.05, 0) is 32.4 Å². The van der Waals surface area contributed by atoms with E-state index in [0.29, 0.717) is 16.9 Å². The van der Waals surface area contributed by atoms with Gasteiger partial charge in [0.05, 0.1) is 23.1 Å². The third-order valence-electron chi connectivity index (χ3n) is 3.89. The number of nitrogens with one attached hydrogen (secondary N) is 1. The summed E-state index contributed by atoms with van der Waals surface area (Å²) in [5.41, 5.74) is 0.737. The topological polar surface area (TPSA) is 98.7 Å². The molecule has 0 aliphatic rings. The van der Waals surface area contributed by atoms with Crippen molar-refractivity contribution < 1.29 is 9.21 Å². The molecule has 0 saturated carbocycles. The lowest BCUT2D eigenvalue weighted by Gasteiger charge is -2.15. The van der Waals surface area contributed by atoms with Crippen LogP contribution in [0.3, 0.4) is 0 Å². The number of nitrogens with zero attached hydrogens (tertiary/aromatic N) is 5. The van der Waals surface area contributed by atoms with Crippen LogP contribution in [0.15, 0.2) is 46.4 Å². The number of hydrogen-bond acceptors (Lipinski definition) is 7. The molecule has 0 fully saturated rings. The van der Waals surface area contributed by atoms with Gasteiger partial charge >= 0.3 is 0 Å². The number of carbonyl (C=O) groups excluding carboxylic acids is 1. The van der Waals surface area contributed by atoms with E-state index in [1.54, 1.807) is 37.6 Å². The van der Waals surface area contributed by atoms with Gasteiger partial charge < -0.3 is 9.73 Å². The zero-order chi connectivity index (χ0) is 18.5. The van der Waals surface area contributed by atoms with Crippen LogP contribution in [-0.4, -0.2) is 36.1 Å². The van der Waals surface area contributed by atoms with E-state index < -0.39 is 5.25 Å². The van der Waals surface area contributed by atoms with E-state index in [0.717, 1.165) is 12.0 Å². The van der Waals surface area contributed by atoms with Gasteiger partial charge in [-0.25, -0.2) is 4.68 Å². The Morgan fingerprint density at radius 3 is 2.88 bits per heavy atom. The Morgan fingerprint density at radius 1 is 1.31 bits per heavy atom. The Kier molecular flexibility index (Phi) is 5.67. The van der Waals surface area contributed by atoms with Crippen molar-refractivity contribution in [3.05, 3.63) is 36.8 Å². The van der Waals surface area contributed by atoms with E-state index in [1.165, 1.54) is 11.8 Å². The number of thioether (sulfide) groups is 1. The minimum Gasteiger partial charge on any atom is -0.411 e. The number of carbonyl (C=O) groups is 1. The zero-order valence-electron chi connectivity index (χ0n) is 14.8. The Bertz CT molecular complexity index is 863. The molecule has 0 spiro atoms. The highest BCUT2D eigenvalue weighted by Gasteiger charge is 2.20. The highest BCUT2D eigenvalue weighted by molar-refractivity contribution is 8.00. The molecule has 3 rings (SSSR count). The third-order valence-corrected chi connectivity index (χ3v) is 4.83. The number of hydrogen-bond donors (Lipinski definition) is 1. The summed E-state index contributed by atoms with van der Waals surface area (Å²) in [6.45, 7) is 5.92. The lowest BCUT2D eigenvalue weighted by atomic mass is 10.3. The molecule has 0 aromatic carbocycles. The lowest BCUT2D eigenvalue weighted by Crippen LogP contribution is -2.24. The molecule has 3 heterocycles. The van der Waals surface area contributed by atoms with Gasteiger partial charge in [0.25, 0.3) is 5.22 Å². The van der Waals surface area contributed by atoms with Gasteiger partial charge in [0, 0.05) is 18.5 Å². The van der Waals surface area contributed by atoms with Crippen molar-refractivity contribution in [1.29, 1.82) is 0 Å². The van der Waals surface area contributed by atoms with Crippen LogP contribution in [-0.2, 0) is 4.79 Å². The molecule has 2 atom stereocenters. The number of amides is 1. The molecule has 1 amide bonds. The number of rotatable bonds is 7. The first-order chi connectivity index (χ1) is 12.6. The van der Waals surface area contributed by atoms with Crippen molar-refractivity contribution in [2.45, 2.75) is 43.7 Å².